The molecule has 2 rings (SSSR count). The Morgan fingerprint density at radius 3 is 2.77 bits per heavy atom. The molecule has 1 aliphatic rings. The van der Waals surface area contributed by atoms with Crippen LogP contribution in [0.25, 0.3) is 0 Å². The molecule has 2 atom stereocenters. The third kappa shape index (κ3) is 7.44. The third-order valence-electron chi connectivity index (χ3n) is 5.03. The van der Waals surface area contributed by atoms with Gasteiger partial charge in [0.25, 0.3) is 0 Å². The van der Waals surface area contributed by atoms with E-state index in [4.69, 9.17) is 4.74 Å². The van der Waals surface area contributed by atoms with Crippen LogP contribution in [0.1, 0.15) is 56.4 Å². The number of hydrogen-bond donors (Lipinski definition) is 1. The Labute approximate surface area is 196 Å². The summed E-state index contributed by atoms with van der Waals surface area (Å²) in [7, 11) is 3.46. The van der Waals surface area contributed by atoms with E-state index < -0.39 is 0 Å². The molecule has 2 unspecified atom stereocenters. The summed E-state index contributed by atoms with van der Waals surface area (Å²) in [6.07, 6.45) is 6.20. The minimum atomic E-state index is -0.352. The van der Waals surface area contributed by atoms with Crippen LogP contribution in [0.4, 0.5) is 0 Å². The van der Waals surface area contributed by atoms with Gasteiger partial charge in [0.05, 0.1) is 24.4 Å². The van der Waals surface area contributed by atoms with Gasteiger partial charge in [-0.1, -0.05) is 6.92 Å². The van der Waals surface area contributed by atoms with Crippen molar-refractivity contribution in [1.29, 1.82) is 0 Å². The van der Waals surface area contributed by atoms with Crippen molar-refractivity contribution in [2.45, 2.75) is 52.1 Å². The standard InChI is InChI=1S/C20H34N6O3.HI/c1-6-15(3)23-20(21-12-18(27)24(4)5)25-10-8-9-17(14-25)26-13-16(11-22-26)19(28)29-7-2;/h11,13,15,17H,6-10,12,14H2,1-5H3,(H,21,23);1H. The van der Waals surface area contributed by atoms with Gasteiger partial charge >= 0.3 is 5.97 Å². The molecule has 1 aromatic rings. The summed E-state index contributed by atoms with van der Waals surface area (Å²) in [5, 5.41) is 7.82. The van der Waals surface area contributed by atoms with Gasteiger partial charge in [0.1, 0.15) is 6.54 Å². The summed E-state index contributed by atoms with van der Waals surface area (Å²) in [5.41, 5.74) is 0.465. The Morgan fingerprint density at radius 2 is 2.13 bits per heavy atom. The fraction of sp³-hybridized carbons (Fsp3) is 0.700. The number of esters is 1. The van der Waals surface area contributed by atoms with E-state index in [0.717, 1.165) is 31.8 Å². The molecule has 0 saturated carbocycles. The number of nitrogens with zero attached hydrogens (tertiary/aromatic N) is 5. The topological polar surface area (TPSA) is 92.1 Å². The van der Waals surface area contributed by atoms with Gasteiger partial charge < -0.3 is 19.9 Å². The van der Waals surface area contributed by atoms with Gasteiger partial charge in [0.2, 0.25) is 5.91 Å². The van der Waals surface area contributed by atoms with Crippen molar-refractivity contribution in [3.05, 3.63) is 18.0 Å². The van der Waals surface area contributed by atoms with Gasteiger partial charge in [-0.2, -0.15) is 5.10 Å². The summed E-state index contributed by atoms with van der Waals surface area (Å²) in [4.78, 5) is 32.2. The molecular weight excluding hydrogens is 499 g/mol. The molecule has 1 saturated heterocycles. The Hall–Kier alpha value is -1.85. The van der Waals surface area contributed by atoms with E-state index in [-0.39, 0.29) is 54.5 Å². The summed E-state index contributed by atoms with van der Waals surface area (Å²) in [5.74, 6) is 0.361. The number of hydrogen-bond acceptors (Lipinski definition) is 5. The summed E-state index contributed by atoms with van der Waals surface area (Å²) < 4.78 is 6.89. The first-order valence-electron chi connectivity index (χ1n) is 10.3. The predicted octanol–water partition coefficient (Wildman–Crippen LogP) is 2.15. The number of halogens is 1. The van der Waals surface area contributed by atoms with Crippen molar-refractivity contribution in [3.63, 3.8) is 0 Å². The van der Waals surface area contributed by atoms with Gasteiger partial charge in [-0.3, -0.25) is 9.48 Å². The highest BCUT2D eigenvalue weighted by molar-refractivity contribution is 14.0. The van der Waals surface area contributed by atoms with Crippen LogP contribution >= 0.6 is 24.0 Å². The number of likely N-dealkylation sites (N-methyl/N-ethyl adjacent to an activating group) is 1. The molecule has 2 heterocycles. The lowest BCUT2D eigenvalue weighted by Gasteiger charge is -2.36. The molecule has 0 aromatic carbocycles. The van der Waals surface area contributed by atoms with Crippen LogP contribution < -0.4 is 5.32 Å². The SMILES string of the molecule is CCOC(=O)c1cnn(C2CCCN(C(=NCC(=O)N(C)C)NC(C)CC)C2)c1.I. The van der Waals surface area contributed by atoms with Gasteiger partial charge in [0.15, 0.2) is 5.96 Å². The number of likely N-dealkylation sites (tertiary alicyclic amines) is 1. The molecule has 9 nitrogen and oxygen atoms in total. The van der Waals surface area contributed by atoms with E-state index in [1.54, 1.807) is 38.3 Å². The summed E-state index contributed by atoms with van der Waals surface area (Å²) >= 11 is 0. The summed E-state index contributed by atoms with van der Waals surface area (Å²) in [6, 6.07) is 0.379. The lowest BCUT2D eigenvalue weighted by atomic mass is 10.1. The normalized spacial score (nSPS) is 17.7. The Balaban J connectivity index is 0.00000450. The smallest absolute Gasteiger partial charge is 0.341 e. The molecule has 0 radical (unpaired) electrons. The minimum absolute atomic E-state index is 0. The number of guanidine groups is 1. The number of nitrogens with one attached hydrogen (secondary N) is 1. The van der Waals surface area contributed by atoms with Crippen molar-refractivity contribution < 1.29 is 14.3 Å². The van der Waals surface area contributed by atoms with Crippen LogP contribution in [-0.2, 0) is 9.53 Å². The average Bonchev–Trinajstić information content (AvgIpc) is 3.21. The highest BCUT2D eigenvalue weighted by Crippen LogP contribution is 2.22. The van der Waals surface area contributed by atoms with E-state index in [9.17, 15) is 9.59 Å². The lowest BCUT2D eigenvalue weighted by molar-refractivity contribution is -0.127. The Morgan fingerprint density at radius 1 is 1.40 bits per heavy atom. The fourth-order valence-electron chi connectivity index (χ4n) is 3.06. The quantitative estimate of drug-likeness (QED) is 0.250. The maximum absolute atomic E-state index is 12.0. The van der Waals surface area contributed by atoms with Gasteiger partial charge in [-0.05, 0) is 33.1 Å². The number of piperidine rings is 1. The number of rotatable bonds is 7. The molecule has 1 aliphatic heterocycles. The van der Waals surface area contributed by atoms with Crippen molar-refractivity contribution in [3.8, 4) is 0 Å². The molecule has 170 valence electrons. The highest BCUT2D eigenvalue weighted by atomic mass is 127. The van der Waals surface area contributed by atoms with Crippen LogP contribution in [0.3, 0.4) is 0 Å². The zero-order valence-electron chi connectivity index (χ0n) is 18.6. The van der Waals surface area contributed by atoms with Gasteiger partial charge in [-0.15, -0.1) is 24.0 Å². The number of ether oxygens (including phenoxy) is 1. The fourth-order valence-corrected chi connectivity index (χ4v) is 3.06. The van der Waals surface area contributed by atoms with Crippen molar-refractivity contribution in [2.75, 3.05) is 40.3 Å². The zero-order valence-corrected chi connectivity index (χ0v) is 21.0. The van der Waals surface area contributed by atoms with E-state index in [1.165, 1.54) is 0 Å². The highest BCUT2D eigenvalue weighted by Gasteiger charge is 2.26. The van der Waals surface area contributed by atoms with Gasteiger partial charge in [0, 0.05) is 39.4 Å². The van der Waals surface area contributed by atoms with Crippen molar-refractivity contribution >= 4 is 41.8 Å². The number of aliphatic imine (C=N–C) groups is 1. The molecule has 30 heavy (non-hydrogen) atoms. The van der Waals surface area contributed by atoms with Crippen LogP contribution in [0.2, 0.25) is 0 Å². The van der Waals surface area contributed by atoms with Crippen molar-refractivity contribution in [2.24, 2.45) is 4.99 Å². The molecule has 1 N–H and O–H groups in total. The first kappa shape index (κ1) is 26.2. The summed E-state index contributed by atoms with van der Waals surface area (Å²) in [6.45, 7) is 8.02. The average molecular weight is 534 g/mol. The molecule has 0 bridgehead atoms. The van der Waals surface area contributed by atoms with E-state index in [2.05, 4.69) is 34.2 Å². The molecule has 0 aliphatic carbocycles. The minimum Gasteiger partial charge on any atom is -0.462 e. The predicted molar refractivity (Wildman–Crippen MR) is 127 cm³/mol. The van der Waals surface area contributed by atoms with Crippen LogP contribution in [0.5, 0.6) is 0 Å². The number of amides is 1. The first-order chi connectivity index (χ1) is 13.8. The monoisotopic (exact) mass is 534 g/mol. The Bertz CT molecular complexity index is 721. The second-order valence-corrected chi connectivity index (χ2v) is 7.55. The molecular formula is C20H35IN6O3. The molecule has 1 fully saturated rings. The molecule has 0 spiro atoms. The second kappa shape index (κ2) is 12.8. The number of aromatic nitrogens is 2. The maximum Gasteiger partial charge on any atom is 0.341 e. The van der Waals surface area contributed by atoms with Gasteiger partial charge in [-0.25, -0.2) is 9.79 Å². The van der Waals surface area contributed by atoms with E-state index >= 15 is 0 Å². The largest absolute Gasteiger partial charge is 0.462 e. The van der Waals surface area contributed by atoms with E-state index in [0.29, 0.717) is 18.7 Å². The van der Waals surface area contributed by atoms with E-state index in [1.807, 2.05) is 4.68 Å². The van der Waals surface area contributed by atoms with Crippen LogP contribution in [0, 0.1) is 0 Å². The number of carbonyl (C=O) groups excluding carboxylic acids is 2. The molecule has 1 aromatic heterocycles. The maximum atomic E-state index is 12.0. The lowest BCUT2D eigenvalue weighted by Crippen LogP contribution is -2.49. The zero-order chi connectivity index (χ0) is 21.4. The second-order valence-electron chi connectivity index (χ2n) is 7.55. The molecule has 1 amide bonds. The Kier molecular flexibility index (Phi) is 11.1. The first-order valence-corrected chi connectivity index (χ1v) is 10.3. The van der Waals surface area contributed by atoms with Crippen LogP contribution in [-0.4, -0.2) is 83.8 Å². The molecule has 10 heteroatoms. The van der Waals surface area contributed by atoms with Crippen molar-refractivity contribution in [1.82, 2.24) is 24.9 Å². The van der Waals surface area contributed by atoms with Crippen LogP contribution in [0.15, 0.2) is 17.4 Å². The number of carbonyl (C=O) groups is 2. The third-order valence-corrected chi connectivity index (χ3v) is 5.03.